The van der Waals surface area contributed by atoms with Crippen LogP contribution in [0.3, 0.4) is 0 Å². The van der Waals surface area contributed by atoms with Gasteiger partial charge in [0.1, 0.15) is 11.6 Å². The number of halogens is 2. The van der Waals surface area contributed by atoms with Crippen molar-refractivity contribution in [1.29, 1.82) is 0 Å². The number of carbonyl (C=O) groups is 1. The average molecular weight is 452 g/mol. The maximum absolute atomic E-state index is 14.6. The smallest absolute Gasteiger partial charge is 0.224 e. The normalized spacial score (nSPS) is 11.0. The van der Waals surface area contributed by atoms with E-state index in [1.165, 1.54) is 6.07 Å². The molecule has 2 aromatic carbocycles. The Balaban J connectivity index is 1.43. The second kappa shape index (κ2) is 8.96. The van der Waals surface area contributed by atoms with Gasteiger partial charge in [0.05, 0.1) is 23.5 Å². The SMILES string of the molecule is Cc1nn(-c2ccc(Cl)cc2)c(C)c1CC(=O)NCc1ccc(-n2ccnc2C)c(F)c1. The third-order valence-electron chi connectivity index (χ3n) is 5.44. The van der Waals surface area contributed by atoms with Gasteiger partial charge in [-0.2, -0.15) is 5.10 Å². The summed E-state index contributed by atoms with van der Waals surface area (Å²) in [5.41, 5.74) is 4.54. The molecule has 0 bridgehead atoms. The second-order valence-electron chi connectivity index (χ2n) is 7.62. The topological polar surface area (TPSA) is 64.7 Å². The molecule has 0 saturated carbocycles. The maximum Gasteiger partial charge on any atom is 0.224 e. The van der Waals surface area contributed by atoms with E-state index in [0.717, 1.165) is 22.6 Å². The first kappa shape index (κ1) is 21.8. The van der Waals surface area contributed by atoms with Crippen molar-refractivity contribution in [2.75, 3.05) is 0 Å². The van der Waals surface area contributed by atoms with Gasteiger partial charge in [-0.25, -0.2) is 14.1 Å². The molecule has 0 unspecified atom stereocenters. The van der Waals surface area contributed by atoms with E-state index in [1.807, 2.05) is 32.9 Å². The van der Waals surface area contributed by atoms with Gasteiger partial charge >= 0.3 is 0 Å². The number of rotatable bonds is 6. The van der Waals surface area contributed by atoms with Crippen LogP contribution in [0.1, 0.15) is 28.3 Å². The molecule has 1 amide bonds. The highest BCUT2D eigenvalue weighted by atomic mass is 35.5. The zero-order valence-electron chi connectivity index (χ0n) is 18.1. The number of benzene rings is 2. The third kappa shape index (κ3) is 4.43. The highest BCUT2D eigenvalue weighted by Gasteiger charge is 2.16. The van der Waals surface area contributed by atoms with Gasteiger partial charge in [-0.05, 0) is 62.7 Å². The predicted octanol–water partition coefficient (Wildman–Crippen LogP) is 4.63. The number of amides is 1. The lowest BCUT2D eigenvalue weighted by atomic mass is 10.1. The number of nitrogens with one attached hydrogen (secondary N) is 1. The van der Waals surface area contributed by atoms with Crippen LogP contribution in [0.4, 0.5) is 4.39 Å². The van der Waals surface area contributed by atoms with Crippen LogP contribution in [0.2, 0.25) is 5.02 Å². The maximum atomic E-state index is 14.6. The second-order valence-corrected chi connectivity index (χ2v) is 8.06. The Labute approximate surface area is 190 Å². The molecular weight excluding hydrogens is 429 g/mol. The van der Waals surface area contributed by atoms with Crippen molar-refractivity contribution in [2.45, 2.75) is 33.7 Å². The number of carbonyl (C=O) groups excluding carboxylic acids is 1. The molecule has 2 heterocycles. The Kier molecular flexibility index (Phi) is 6.10. The lowest BCUT2D eigenvalue weighted by molar-refractivity contribution is -0.120. The summed E-state index contributed by atoms with van der Waals surface area (Å²) in [7, 11) is 0. The minimum atomic E-state index is -0.367. The van der Waals surface area contributed by atoms with E-state index in [9.17, 15) is 9.18 Å². The molecule has 0 fully saturated rings. The van der Waals surface area contributed by atoms with Crippen LogP contribution in [0.5, 0.6) is 0 Å². The highest BCUT2D eigenvalue weighted by molar-refractivity contribution is 6.30. The molecule has 0 aliphatic rings. The Bertz CT molecular complexity index is 1280. The van der Waals surface area contributed by atoms with Crippen LogP contribution >= 0.6 is 11.6 Å². The minimum Gasteiger partial charge on any atom is -0.352 e. The number of aryl methyl sites for hydroxylation is 2. The quantitative estimate of drug-likeness (QED) is 0.464. The molecule has 8 heteroatoms. The van der Waals surface area contributed by atoms with Crippen molar-refractivity contribution in [3.05, 3.63) is 94.0 Å². The van der Waals surface area contributed by atoms with Crippen LogP contribution in [-0.4, -0.2) is 25.2 Å². The number of aromatic nitrogens is 4. The van der Waals surface area contributed by atoms with Crippen LogP contribution in [0.15, 0.2) is 54.9 Å². The lowest BCUT2D eigenvalue weighted by Gasteiger charge is -2.10. The molecule has 164 valence electrons. The fourth-order valence-electron chi connectivity index (χ4n) is 3.68. The molecule has 32 heavy (non-hydrogen) atoms. The zero-order chi connectivity index (χ0) is 22.8. The van der Waals surface area contributed by atoms with Gasteiger partial charge in [0.2, 0.25) is 5.91 Å². The van der Waals surface area contributed by atoms with Crippen molar-refractivity contribution in [1.82, 2.24) is 24.6 Å². The summed E-state index contributed by atoms with van der Waals surface area (Å²) < 4.78 is 18.1. The Hall–Kier alpha value is -3.45. The summed E-state index contributed by atoms with van der Waals surface area (Å²) >= 11 is 5.97. The summed E-state index contributed by atoms with van der Waals surface area (Å²) in [6.45, 7) is 5.87. The zero-order valence-corrected chi connectivity index (χ0v) is 18.8. The fraction of sp³-hybridized carbons (Fsp3) is 0.208. The van der Waals surface area contributed by atoms with Crippen molar-refractivity contribution < 1.29 is 9.18 Å². The standard InChI is InChI=1S/C24H23ClFN5O/c1-15-21(16(2)31(29-15)20-7-5-19(25)6-8-20)13-24(32)28-14-18-4-9-23(22(26)12-18)30-11-10-27-17(30)3/h4-12H,13-14H2,1-3H3,(H,28,32). The fourth-order valence-corrected chi connectivity index (χ4v) is 3.80. The third-order valence-corrected chi connectivity index (χ3v) is 5.69. The monoisotopic (exact) mass is 451 g/mol. The average Bonchev–Trinajstić information content (AvgIpc) is 3.31. The molecule has 6 nitrogen and oxygen atoms in total. The minimum absolute atomic E-state index is 0.151. The summed E-state index contributed by atoms with van der Waals surface area (Å²) in [4.78, 5) is 16.7. The molecular formula is C24H23ClFN5O. The van der Waals surface area contributed by atoms with Crippen LogP contribution in [-0.2, 0) is 17.8 Å². The molecule has 0 aliphatic carbocycles. The van der Waals surface area contributed by atoms with Gasteiger partial charge in [-0.1, -0.05) is 17.7 Å². The van der Waals surface area contributed by atoms with Gasteiger partial charge in [0.25, 0.3) is 0 Å². The van der Waals surface area contributed by atoms with Crippen LogP contribution in [0.25, 0.3) is 11.4 Å². The van der Waals surface area contributed by atoms with E-state index in [0.29, 0.717) is 22.1 Å². The van der Waals surface area contributed by atoms with Crippen molar-refractivity contribution in [3.63, 3.8) is 0 Å². The molecule has 4 aromatic rings. The van der Waals surface area contributed by atoms with Crippen molar-refractivity contribution in [2.24, 2.45) is 0 Å². The van der Waals surface area contributed by atoms with E-state index in [4.69, 9.17) is 11.6 Å². The van der Waals surface area contributed by atoms with E-state index < -0.39 is 0 Å². The van der Waals surface area contributed by atoms with Gasteiger partial charge in [-0.3, -0.25) is 4.79 Å². The Morgan fingerprint density at radius 3 is 2.53 bits per heavy atom. The molecule has 1 N–H and O–H groups in total. The van der Waals surface area contributed by atoms with Crippen molar-refractivity contribution >= 4 is 17.5 Å². The van der Waals surface area contributed by atoms with Gasteiger partial charge < -0.3 is 9.88 Å². The summed E-state index contributed by atoms with van der Waals surface area (Å²) in [5.74, 6) is 0.186. The predicted molar refractivity (Wildman–Crippen MR) is 122 cm³/mol. The first-order chi connectivity index (χ1) is 15.3. The molecule has 0 spiro atoms. The molecule has 2 aromatic heterocycles. The van der Waals surface area contributed by atoms with Crippen LogP contribution < -0.4 is 5.32 Å². The lowest BCUT2D eigenvalue weighted by Crippen LogP contribution is -2.25. The van der Waals surface area contributed by atoms with Gasteiger partial charge in [-0.15, -0.1) is 0 Å². The van der Waals surface area contributed by atoms with Crippen molar-refractivity contribution in [3.8, 4) is 11.4 Å². The molecule has 4 rings (SSSR count). The van der Waals surface area contributed by atoms with Gasteiger partial charge in [0.15, 0.2) is 0 Å². The molecule has 0 atom stereocenters. The summed E-state index contributed by atoms with van der Waals surface area (Å²) in [5, 5.41) is 8.10. The van der Waals surface area contributed by atoms with E-state index in [1.54, 1.807) is 45.9 Å². The number of hydrogen-bond donors (Lipinski definition) is 1. The summed E-state index contributed by atoms with van der Waals surface area (Å²) in [6, 6.07) is 12.3. The first-order valence-electron chi connectivity index (χ1n) is 10.2. The largest absolute Gasteiger partial charge is 0.352 e. The summed E-state index contributed by atoms with van der Waals surface area (Å²) in [6.07, 6.45) is 3.53. The van der Waals surface area contributed by atoms with Crippen LogP contribution in [0, 0.1) is 26.6 Å². The number of hydrogen-bond acceptors (Lipinski definition) is 3. The number of imidazole rings is 1. The highest BCUT2D eigenvalue weighted by Crippen LogP contribution is 2.20. The van der Waals surface area contributed by atoms with E-state index in [2.05, 4.69) is 15.4 Å². The van der Waals surface area contributed by atoms with Gasteiger partial charge in [0, 0.05) is 35.2 Å². The Morgan fingerprint density at radius 1 is 1.12 bits per heavy atom. The molecule has 0 saturated heterocycles. The molecule has 0 radical (unpaired) electrons. The first-order valence-corrected chi connectivity index (χ1v) is 10.6. The molecule has 0 aliphatic heterocycles. The van der Waals surface area contributed by atoms with E-state index >= 15 is 0 Å². The Morgan fingerprint density at radius 2 is 1.88 bits per heavy atom. The van der Waals surface area contributed by atoms with E-state index in [-0.39, 0.29) is 24.7 Å². The number of nitrogens with zero attached hydrogens (tertiary/aromatic N) is 4.